The summed E-state index contributed by atoms with van der Waals surface area (Å²) in [6.07, 6.45) is 2.20. The van der Waals surface area contributed by atoms with E-state index in [9.17, 15) is 8.42 Å². The van der Waals surface area contributed by atoms with Crippen LogP contribution in [0.4, 0.5) is 0 Å². The first kappa shape index (κ1) is 13.8. The van der Waals surface area contributed by atoms with Crippen LogP contribution in [0.2, 0.25) is 5.02 Å². The fourth-order valence-electron chi connectivity index (χ4n) is 1.89. The average molecular weight is 289 g/mol. The van der Waals surface area contributed by atoms with Crippen LogP contribution in [0, 0.1) is 12.8 Å². The molecular weight excluding hydrogens is 272 g/mol. The maximum absolute atomic E-state index is 12.1. The van der Waals surface area contributed by atoms with E-state index in [2.05, 4.69) is 4.72 Å². The van der Waals surface area contributed by atoms with Crippen molar-refractivity contribution in [2.75, 3.05) is 6.54 Å². The van der Waals surface area contributed by atoms with E-state index in [4.69, 9.17) is 17.3 Å². The Balaban J connectivity index is 2.09. The molecule has 1 aromatic carbocycles. The lowest BCUT2D eigenvalue weighted by atomic mass is 10.2. The largest absolute Gasteiger partial charge is 0.326 e. The van der Waals surface area contributed by atoms with Gasteiger partial charge in [0.25, 0.3) is 0 Å². The van der Waals surface area contributed by atoms with E-state index in [0.717, 1.165) is 12.8 Å². The Kier molecular flexibility index (Phi) is 3.96. The number of benzene rings is 1. The molecule has 0 aromatic heterocycles. The molecule has 6 heteroatoms. The number of hydrogen-bond acceptors (Lipinski definition) is 3. The zero-order valence-corrected chi connectivity index (χ0v) is 11.8. The summed E-state index contributed by atoms with van der Waals surface area (Å²) in [7, 11) is -3.50. The fourth-order valence-corrected chi connectivity index (χ4v) is 3.41. The molecule has 100 valence electrons. The first-order chi connectivity index (χ1) is 8.40. The van der Waals surface area contributed by atoms with Crippen LogP contribution in [0.5, 0.6) is 0 Å². The second kappa shape index (κ2) is 5.17. The van der Waals surface area contributed by atoms with Crippen molar-refractivity contribution in [1.82, 2.24) is 4.72 Å². The number of sulfonamides is 1. The minimum atomic E-state index is -3.50. The smallest absolute Gasteiger partial charge is 0.240 e. The molecule has 0 aliphatic heterocycles. The van der Waals surface area contributed by atoms with E-state index in [0.29, 0.717) is 16.5 Å². The first-order valence-corrected chi connectivity index (χ1v) is 7.77. The van der Waals surface area contributed by atoms with Gasteiger partial charge in [-0.15, -0.1) is 0 Å². The molecule has 1 unspecified atom stereocenters. The van der Waals surface area contributed by atoms with Gasteiger partial charge in [0.05, 0.1) is 4.90 Å². The molecule has 1 aromatic rings. The van der Waals surface area contributed by atoms with Gasteiger partial charge in [0.1, 0.15) is 0 Å². The molecule has 0 saturated heterocycles. The Hall–Kier alpha value is -0.620. The minimum Gasteiger partial charge on any atom is -0.326 e. The Morgan fingerprint density at radius 2 is 2.17 bits per heavy atom. The summed E-state index contributed by atoms with van der Waals surface area (Å²) in [5, 5.41) is 0.529. The van der Waals surface area contributed by atoms with Crippen molar-refractivity contribution in [3.63, 3.8) is 0 Å². The van der Waals surface area contributed by atoms with Gasteiger partial charge in [-0.25, -0.2) is 13.1 Å². The number of aryl methyl sites for hydroxylation is 1. The van der Waals surface area contributed by atoms with Crippen molar-refractivity contribution in [3.8, 4) is 0 Å². The summed E-state index contributed by atoms with van der Waals surface area (Å²) in [5.41, 5.74) is 6.51. The van der Waals surface area contributed by atoms with E-state index >= 15 is 0 Å². The van der Waals surface area contributed by atoms with Crippen LogP contribution in [0.1, 0.15) is 18.4 Å². The predicted octanol–water partition coefficient (Wildman–Crippen LogP) is 1.66. The highest BCUT2D eigenvalue weighted by Crippen LogP contribution is 2.31. The van der Waals surface area contributed by atoms with Gasteiger partial charge in [0.15, 0.2) is 0 Å². The lowest BCUT2D eigenvalue weighted by Gasteiger charge is -2.13. The Bertz CT molecular complexity index is 541. The molecule has 1 aliphatic carbocycles. The number of nitrogens with one attached hydrogen (secondary N) is 1. The number of rotatable bonds is 5. The second-order valence-electron chi connectivity index (χ2n) is 4.76. The lowest BCUT2D eigenvalue weighted by Crippen LogP contribution is -2.38. The predicted molar refractivity (Wildman–Crippen MR) is 72.1 cm³/mol. The van der Waals surface area contributed by atoms with E-state index in [-0.39, 0.29) is 17.5 Å². The van der Waals surface area contributed by atoms with Crippen molar-refractivity contribution in [2.45, 2.75) is 30.7 Å². The van der Waals surface area contributed by atoms with Crippen molar-refractivity contribution in [2.24, 2.45) is 11.7 Å². The van der Waals surface area contributed by atoms with Gasteiger partial charge in [0, 0.05) is 17.6 Å². The topological polar surface area (TPSA) is 72.2 Å². The second-order valence-corrected chi connectivity index (χ2v) is 6.93. The van der Waals surface area contributed by atoms with Gasteiger partial charge in [-0.1, -0.05) is 11.6 Å². The zero-order valence-electron chi connectivity index (χ0n) is 10.2. The maximum Gasteiger partial charge on any atom is 0.240 e. The summed E-state index contributed by atoms with van der Waals surface area (Å²) in [6, 6.07) is 4.64. The highest BCUT2D eigenvalue weighted by Gasteiger charge is 2.29. The lowest BCUT2D eigenvalue weighted by molar-refractivity contribution is 0.547. The summed E-state index contributed by atoms with van der Waals surface area (Å²) in [5.74, 6) is 0.471. The maximum atomic E-state index is 12.1. The van der Waals surface area contributed by atoms with Crippen molar-refractivity contribution in [1.29, 1.82) is 0 Å². The van der Waals surface area contributed by atoms with Crippen LogP contribution in [-0.2, 0) is 10.0 Å². The monoisotopic (exact) mass is 288 g/mol. The summed E-state index contributed by atoms with van der Waals surface area (Å²) in [6.45, 7) is 2.01. The van der Waals surface area contributed by atoms with Crippen LogP contribution in [0.3, 0.4) is 0 Å². The number of nitrogens with two attached hydrogens (primary N) is 1. The molecule has 18 heavy (non-hydrogen) atoms. The van der Waals surface area contributed by atoms with Crippen LogP contribution in [-0.4, -0.2) is 21.0 Å². The van der Waals surface area contributed by atoms with E-state index < -0.39 is 10.0 Å². The molecule has 1 fully saturated rings. The molecule has 0 heterocycles. The molecule has 4 nitrogen and oxygen atoms in total. The minimum absolute atomic E-state index is 0.0904. The quantitative estimate of drug-likeness (QED) is 0.865. The molecule has 2 rings (SSSR count). The van der Waals surface area contributed by atoms with Crippen LogP contribution in [0.25, 0.3) is 0 Å². The van der Waals surface area contributed by atoms with Gasteiger partial charge < -0.3 is 5.73 Å². The molecule has 3 N–H and O–H groups in total. The van der Waals surface area contributed by atoms with Crippen LogP contribution in [0.15, 0.2) is 23.1 Å². The van der Waals surface area contributed by atoms with Gasteiger partial charge in [-0.3, -0.25) is 0 Å². The Labute approximate surface area is 113 Å². The van der Waals surface area contributed by atoms with Gasteiger partial charge >= 0.3 is 0 Å². The molecular formula is C12H17ClN2O2S. The van der Waals surface area contributed by atoms with Crippen molar-refractivity contribution < 1.29 is 8.42 Å². The highest BCUT2D eigenvalue weighted by atomic mass is 35.5. The van der Waals surface area contributed by atoms with E-state index in [1.54, 1.807) is 19.1 Å². The van der Waals surface area contributed by atoms with Gasteiger partial charge in [-0.2, -0.15) is 0 Å². The van der Waals surface area contributed by atoms with E-state index in [1.807, 2.05) is 0 Å². The summed E-state index contributed by atoms with van der Waals surface area (Å²) in [4.78, 5) is 0.259. The molecule has 0 spiro atoms. The van der Waals surface area contributed by atoms with E-state index in [1.165, 1.54) is 6.07 Å². The summed E-state index contributed by atoms with van der Waals surface area (Å²) < 4.78 is 26.8. The third-order valence-corrected chi connectivity index (χ3v) is 4.98. The number of halogens is 1. The molecule has 0 bridgehead atoms. The van der Waals surface area contributed by atoms with Crippen LogP contribution >= 0.6 is 11.6 Å². The number of hydrogen-bond donors (Lipinski definition) is 2. The normalized spacial score (nSPS) is 17.7. The molecule has 1 saturated carbocycles. The molecule has 0 amide bonds. The van der Waals surface area contributed by atoms with Gasteiger partial charge in [0.2, 0.25) is 10.0 Å². The zero-order chi connectivity index (χ0) is 13.3. The fraction of sp³-hybridized carbons (Fsp3) is 0.500. The molecule has 1 atom stereocenters. The summed E-state index contributed by atoms with van der Waals surface area (Å²) >= 11 is 5.81. The molecule has 0 radical (unpaired) electrons. The SMILES string of the molecule is Cc1cc(Cl)ccc1S(=O)(=O)NCC(N)C1CC1. The van der Waals surface area contributed by atoms with Crippen molar-refractivity contribution in [3.05, 3.63) is 28.8 Å². The molecule has 1 aliphatic rings. The first-order valence-electron chi connectivity index (χ1n) is 5.91. The standard InChI is InChI=1S/C12H17ClN2O2S/c1-8-6-10(13)4-5-12(8)18(16,17)15-7-11(14)9-2-3-9/h4-6,9,11,15H,2-3,7,14H2,1H3. The van der Waals surface area contributed by atoms with Gasteiger partial charge in [-0.05, 0) is 49.4 Å². The third kappa shape index (κ3) is 3.23. The van der Waals surface area contributed by atoms with Crippen LogP contribution < -0.4 is 10.5 Å². The highest BCUT2D eigenvalue weighted by molar-refractivity contribution is 7.89. The third-order valence-electron chi connectivity index (χ3n) is 3.16. The average Bonchev–Trinajstić information content (AvgIpc) is 3.09. The Morgan fingerprint density at radius 3 is 2.72 bits per heavy atom. The van der Waals surface area contributed by atoms with Crippen molar-refractivity contribution >= 4 is 21.6 Å². The Morgan fingerprint density at radius 1 is 1.50 bits per heavy atom.